The molecule has 2 N–H and O–H groups in total. The summed E-state index contributed by atoms with van der Waals surface area (Å²) in [7, 11) is 1.53. The zero-order valence-corrected chi connectivity index (χ0v) is 16.3. The normalized spacial score (nSPS) is 18.4. The number of benzene rings is 2. The van der Waals surface area contributed by atoms with E-state index in [0.29, 0.717) is 22.6 Å². The Morgan fingerprint density at radius 3 is 2.45 bits per heavy atom. The molecule has 2 aromatic rings. The highest BCUT2D eigenvalue weighted by Crippen LogP contribution is 2.30. The Bertz CT molecular complexity index is 986. The molecule has 1 fully saturated rings. The van der Waals surface area contributed by atoms with E-state index >= 15 is 0 Å². The molecule has 1 aliphatic rings. The van der Waals surface area contributed by atoms with E-state index in [-0.39, 0.29) is 5.78 Å². The van der Waals surface area contributed by atoms with Crippen LogP contribution in [-0.4, -0.2) is 42.2 Å². The number of ether oxygens (including phenoxy) is 1. The molecule has 8 heteroatoms. The fraction of sp³-hybridized carbons (Fsp3) is 0.238. The van der Waals surface area contributed by atoms with E-state index < -0.39 is 29.9 Å². The van der Waals surface area contributed by atoms with E-state index in [1.54, 1.807) is 49.4 Å². The van der Waals surface area contributed by atoms with Crippen molar-refractivity contribution < 1.29 is 23.9 Å². The van der Waals surface area contributed by atoms with E-state index in [2.05, 4.69) is 10.6 Å². The highest BCUT2D eigenvalue weighted by molar-refractivity contribution is 6.10. The van der Waals surface area contributed by atoms with Crippen molar-refractivity contribution in [2.45, 2.75) is 19.4 Å². The van der Waals surface area contributed by atoms with Gasteiger partial charge in [0.05, 0.1) is 7.11 Å². The standard InChI is InChI=1S/C21H21N3O5/c1-13(25)14-5-4-6-16(11-14)22-18(26)12-24-19(27)21(2,23-20(24)28)15-7-9-17(29-3)10-8-15/h4-11H,12H2,1-3H3,(H,22,26)(H,23,28)/t21-/m0/s1. The van der Waals surface area contributed by atoms with Crippen LogP contribution in [0.2, 0.25) is 0 Å². The summed E-state index contributed by atoms with van der Waals surface area (Å²) in [6, 6.07) is 12.5. The van der Waals surface area contributed by atoms with Gasteiger partial charge in [0.15, 0.2) is 5.78 Å². The topological polar surface area (TPSA) is 105 Å². The van der Waals surface area contributed by atoms with Crippen molar-refractivity contribution in [2.75, 3.05) is 19.0 Å². The van der Waals surface area contributed by atoms with Gasteiger partial charge < -0.3 is 15.4 Å². The Hall–Kier alpha value is -3.68. The van der Waals surface area contributed by atoms with Crippen molar-refractivity contribution in [3.63, 3.8) is 0 Å². The van der Waals surface area contributed by atoms with Crippen molar-refractivity contribution in [1.29, 1.82) is 0 Å². The number of carbonyl (C=O) groups is 4. The summed E-state index contributed by atoms with van der Waals surface area (Å²) < 4.78 is 5.11. The molecule has 2 aromatic carbocycles. The lowest BCUT2D eigenvalue weighted by atomic mass is 9.92. The second kappa shape index (κ2) is 7.75. The zero-order valence-electron chi connectivity index (χ0n) is 16.3. The Morgan fingerprint density at radius 2 is 1.83 bits per heavy atom. The van der Waals surface area contributed by atoms with E-state index in [0.717, 1.165) is 4.90 Å². The van der Waals surface area contributed by atoms with Crippen LogP contribution >= 0.6 is 0 Å². The lowest BCUT2D eigenvalue weighted by Gasteiger charge is -2.22. The minimum Gasteiger partial charge on any atom is -0.497 e. The van der Waals surface area contributed by atoms with Gasteiger partial charge in [-0.2, -0.15) is 0 Å². The first-order valence-electron chi connectivity index (χ1n) is 8.94. The summed E-state index contributed by atoms with van der Waals surface area (Å²) >= 11 is 0. The number of nitrogens with one attached hydrogen (secondary N) is 2. The van der Waals surface area contributed by atoms with Gasteiger partial charge in [-0.1, -0.05) is 24.3 Å². The third-order valence-corrected chi connectivity index (χ3v) is 4.80. The van der Waals surface area contributed by atoms with Crippen LogP contribution in [0.25, 0.3) is 0 Å². The molecule has 0 aliphatic carbocycles. The average Bonchev–Trinajstić information content (AvgIpc) is 2.92. The quantitative estimate of drug-likeness (QED) is 0.577. The molecule has 0 unspecified atom stereocenters. The van der Waals surface area contributed by atoms with Crippen molar-refractivity contribution in [1.82, 2.24) is 10.2 Å². The zero-order chi connectivity index (χ0) is 21.2. The second-order valence-electron chi connectivity index (χ2n) is 6.86. The van der Waals surface area contributed by atoms with E-state index in [4.69, 9.17) is 4.74 Å². The summed E-state index contributed by atoms with van der Waals surface area (Å²) in [4.78, 5) is 50.0. The number of carbonyl (C=O) groups excluding carboxylic acids is 4. The minimum absolute atomic E-state index is 0.134. The van der Waals surface area contributed by atoms with Crippen molar-refractivity contribution in [2.24, 2.45) is 0 Å². The van der Waals surface area contributed by atoms with Gasteiger partial charge in [-0.3, -0.25) is 19.3 Å². The molecule has 4 amide bonds. The van der Waals surface area contributed by atoms with E-state index in [1.807, 2.05) is 0 Å². The monoisotopic (exact) mass is 395 g/mol. The third-order valence-electron chi connectivity index (χ3n) is 4.80. The van der Waals surface area contributed by atoms with Crippen LogP contribution < -0.4 is 15.4 Å². The number of hydrogen-bond donors (Lipinski definition) is 2. The summed E-state index contributed by atoms with van der Waals surface area (Å²) in [5.41, 5.74) is 0.157. The van der Waals surface area contributed by atoms with E-state index in [1.165, 1.54) is 20.1 Å². The molecule has 150 valence electrons. The first-order valence-corrected chi connectivity index (χ1v) is 8.94. The summed E-state index contributed by atoms with van der Waals surface area (Å²) in [5.74, 6) is -0.586. The summed E-state index contributed by atoms with van der Waals surface area (Å²) in [6.45, 7) is 2.57. The highest BCUT2D eigenvalue weighted by Gasteiger charge is 2.49. The van der Waals surface area contributed by atoms with Crippen LogP contribution in [0.1, 0.15) is 29.8 Å². The van der Waals surface area contributed by atoms with Crippen LogP contribution in [0.5, 0.6) is 5.75 Å². The molecule has 3 rings (SSSR count). The van der Waals surface area contributed by atoms with Crippen molar-refractivity contribution in [3.8, 4) is 5.75 Å². The lowest BCUT2D eigenvalue weighted by Crippen LogP contribution is -2.42. The predicted molar refractivity (Wildman–Crippen MR) is 106 cm³/mol. The Morgan fingerprint density at radius 1 is 1.14 bits per heavy atom. The van der Waals surface area contributed by atoms with Crippen LogP contribution in [0, 0.1) is 0 Å². The fourth-order valence-electron chi connectivity index (χ4n) is 3.12. The number of ketones is 1. The maximum absolute atomic E-state index is 12.9. The number of hydrogen-bond acceptors (Lipinski definition) is 5. The maximum atomic E-state index is 12.9. The molecule has 0 bridgehead atoms. The van der Waals surface area contributed by atoms with Gasteiger partial charge in [-0.05, 0) is 43.7 Å². The van der Waals surface area contributed by atoms with E-state index in [9.17, 15) is 19.2 Å². The Labute approximate surface area is 167 Å². The lowest BCUT2D eigenvalue weighted by molar-refractivity contribution is -0.133. The number of anilines is 1. The van der Waals surface area contributed by atoms with Gasteiger partial charge in [0.25, 0.3) is 5.91 Å². The largest absolute Gasteiger partial charge is 0.497 e. The summed E-state index contributed by atoms with van der Waals surface area (Å²) in [5, 5.41) is 5.25. The van der Waals surface area contributed by atoms with Gasteiger partial charge in [0.1, 0.15) is 17.8 Å². The smallest absolute Gasteiger partial charge is 0.325 e. The molecule has 1 aliphatic heterocycles. The fourth-order valence-corrected chi connectivity index (χ4v) is 3.12. The number of rotatable bonds is 6. The van der Waals surface area contributed by atoms with Crippen LogP contribution in [0.15, 0.2) is 48.5 Å². The van der Waals surface area contributed by atoms with Gasteiger partial charge >= 0.3 is 6.03 Å². The number of Topliss-reactive ketones (excluding diaryl/α,β-unsaturated/α-hetero) is 1. The molecular formula is C21H21N3O5. The third kappa shape index (κ3) is 3.96. The minimum atomic E-state index is -1.28. The number of methoxy groups -OCH3 is 1. The molecule has 1 atom stereocenters. The molecule has 1 saturated heterocycles. The molecule has 29 heavy (non-hydrogen) atoms. The SMILES string of the molecule is COc1ccc([C@]2(C)NC(=O)N(CC(=O)Nc3cccc(C(C)=O)c3)C2=O)cc1. The summed E-state index contributed by atoms with van der Waals surface area (Å²) in [6.07, 6.45) is 0. The average molecular weight is 395 g/mol. The molecule has 1 heterocycles. The van der Waals surface area contributed by atoms with Gasteiger partial charge in [0, 0.05) is 11.3 Å². The first-order chi connectivity index (χ1) is 13.7. The van der Waals surface area contributed by atoms with Crippen LogP contribution in [0.4, 0.5) is 10.5 Å². The molecule has 0 spiro atoms. The molecule has 8 nitrogen and oxygen atoms in total. The number of nitrogens with zero attached hydrogens (tertiary/aromatic N) is 1. The maximum Gasteiger partial charge on any atom is 0.325 e. The highest BCUT2D eigenvalue weighted by atomic mass is 16.5. The molecule has 0 saturated carbocycles. The molecule has 0 aromatic heterocycles. The Kier molecular flexibility index (Phi) is 5.36. The number of urea groups is 1. The number of imide groups is 1. The van der Waals surface area contributed by atoms with Crippen molar-refractivity contribution >= 4 is 29.3 Å². The van der Waals surface area contributed by atoms with Gasteiger partial charge in [-0.25, -0.2) is 4.79 Å². The van der Waals surface area contributed by atoms with Crippen molar-refractivity contribution in [3.05, 3.63) is 59.7 Å². The predicted octanol–water partition coefficient (Wildman–Crippen LogP) is 2.30. The Balaban J connectivity index is 1.73. The van der Waals surface area contributed by atoms with Gasteiger partial charge in [-0.15, -0.1) is 0 Å². The van der Waals surface area contributed by atoms with Crippen LogP contribution in [0.3, 0.4) is 0 Å². The molecular weight excluding hydrogens is 374 g/mol. The molecule has 0 radical (unpaired) electrons. The number of amides is 4. The second-order valence-corrected chi connectivity index (χ2v) is 6.86. The first kappa shape index (κ1) is 20.1. The van der Waals surface area contributed by atoms with Crippen LogP contribution in [-0.2, 0) is 15.1 Å². The van der Waals surface area contributed by atoms with Gasteiger partial charge in [0.2, 0.25) is 5.91 Å².